The van der Waals surface area contributed by atoms with E-state index in [1.54, 1.807) is 29.2 Å². The molecule has 5 heteroatoms. The molecule has 1 amide bonds. The van der Waals surface area contributed by atoms with E-state index < -0.39 is 5.54 Å². The van der Waals surface area contributed by atoms with Crippen molar-refractivity contribution in [1.82, 2.24) is 0 Å². The fraction of sp³-hybridized carbons (Fsp3) is 0.107. The number of carbonyl (C=O) groups excluding carboxylic acids is 1. The Bertz CT molecular complexity index is 1260. The second-order valence-electron chi connectivity index (χ2n) is 8.20. The van der Waals surface area contributed by atoms with Crippen LogP contribution >= 0.6 is 0 Å². The first kappa shape index (κ1) is 20.9. The van der Waals surface area contributed by atoms with Gasteiger partial charge in [0.05, 0.1) is 17.9 Å². The van der Waals surface area contributed by atoms with E-state index in [4.69, 9.17) is 0 Å². The van der Waals surface area contributed by atoms with Gasteiger partial charge in [0.1, 0.15) is 5.82 Å². The summed E-state index contributed by atoms with van der Waals surface area (Å²) in [6.45, 7) is 0.379. The maximum Gasteiger partial charge on any atom is 0.260 e. The lowest BCUT2D eigenvalue weighted by molar-refractivity contribution is -0.125. The van der Waals surface area contributed by atoms with Gasteiger partial charge < -0.3 is 4.90 Å². The first-order valence-corrected chi connectivity index (χ1v) is 10.8. The van der Waals surface area contributed by atoms with Crippen molar-refractivity contribution in [1.29, 1.82) is 0 Å². The maximum atomic E-state index is 14.2. The Labute approximate surface area is 192 Å². The van der Waals surface area contributed by atoms with Crippen LogP contribution in [0.25, 0.3) is 0 Å². The predicted molar refractivity (Wildman–Crippen MR) is 127 cm³/mol. The summed E-state index contributed by atoms with van der Waals surface area (Å²) in [5.74, 6) is -0.580. The quantitative estimate of drug-likeness (QED) is 0.393. The van der Waals surface area contributed by atoms with Crippen molar-refractivity contribution < 1.29 is 14.4 Å². The molecule has 4 nitrogen and oxygen atoms in total. The summed E-state index contributed by atoms with van der Waals surface area (Å²) in [4.78, 5) is 15.9. The summed E-state index contributed by atoms with van der Waals surface area (Å²) in [5.41, 5.74) is 2.30. The van der Waals surface area contributed by atoms with Gasteiger partial charge in [-0.3, -0.25) is 10.0 Å². The minimum Gasteiger partial charge on any atom is -0.305 e. The molecule has 4 aromatic carbocycles. The number of fused-ring (bicyclic) bond motifs is 1. The first-order chi connectivity index (χ1) is 16.1. The van der Waals surface area contributed by atoms with E-state index >= 15 is 0 Å². The number of para-hydroxylation sites is 2. The monoisotopic (exact) mass is 438 g/mol. The Morgan fingerprint density at radius 3 is 2.06 bits per heavy atom. The average Bonchev–Trinajstić information content (AvgIpc) is 3.09. The van der Waals surface area contributed by atoms with Crippen LogP contribution in [0.3, 0.4) is 0 Å². The molecule has 1 atom stereocenters. The Morgan fingerprint density at radius 1 is 0.758 bits per heavy atom. The summed E-state index contributed by atoms with van der Waals surface area (Å²) in [5, 5.41) is 12.7. The molecule has 0 saturated carbocycles. The molecule has 33 heavy (non-hydrogen) atoms. The van der Waals surface area contributed by atoms with Crippen molar-refractivity contribution in [3.63, 3.8) is 0 Å². The van der Waals surface area contributed by atoms with Crippen LogP contribution in [0.1, 0.15) is 16.7 Å². The molecule has 0 spiro atoms. The highest BCUT2D eigenvalue weighted by Crippen LogP contribution is 2.47. The van der Waals surface area contributed by atoms with E-state index in [2.05, 4.69) is 0 Å². The van der Waals surface area contributed by atoms with Crippen molar-refractivity contribution in [2.45, 2.75) is 18.5 Å². The first-order valence-electron chi connectivity index (χ1n) is 10.8. The molecule has 0 bridgehead atoms. The van der Waals surface area contributed by atoms with E-state index in [9.17, 15) is 14.4 Å². The third-order valence-electron chi connectivity index (χ3n) is 6.16. The van der Waals surface area contributed by atoms with Gasteiger partial charge in [-0.05, 0) is 41.5 Å². The van der Waals surface area contributed by atoms with Gasteiger partial charge in [-0.2, -0.15) is 0 Å². The molecular formula is C28H23FN2O2. The molecule has 0 radical (unpaired) electrons. The van der Waals surface area contributed by atoms with Crippen molar-refractivity contribution in [2.75, 3.05) is 9.96 Å². The number of hydroxylamine groups is 1. The molecule has 1 aliphatic heterocycles. The maximum absolute atomic E-state index is 14.2. The topological polar surface area (TPSA) is 43.8 Å². The van der Waals surface area contributed by atoms with Crippen LogP contribution in [0.5, 0.6) is 0 Å². The van der Waals surface area contributed by atoms with E-state index in [-0.39, 0.29) is 18.1 Å². The molecular weight excluding hydrogens is 415 g/mol. The highest BCUT2D eigenvalue weighted by atomic mass is 19.1. The van der Waals surface area contributed by atoms with Crippen LogP contribution in [0.2, 0.25) is 0 Å². The molecule has 164 valence electrons. The minimum absolute atomic E-state index is 0.180. The second-order valence-corrected chi connectivity index (χ2v) is 8.20. The fourth-order valence-corrected chi connectivity index (χ4v) is 4.57. The van der Waals surface area contributed by atoms with Crippen LogP contribution in [0.15, 0.2) is 109 Å². The number of hydrogen-bond acceptors (Lipinski definition) is 3. The summed E-state index contributed by atoms with van der Waals surface area (Å²) in [6.07, 6.45) is 0.180. The van der Waals surface area contributed by atoms with Gasteiger partial charge >= 0.3 is 0 Å². The number of anilines is 2. The van der Waals surface area contributed by atoms with Gasteiger partial charge in [-0.1, -0.05) is 78.9 Å². The third kappa shape index (κ3) is 3.66. The van der Waals surface area contributed by atoms with E-state index in [0.29, 0.717) is 17.8 Å². The van der Waals surface area contributed by atoms with Crippen LogP contribution in [0.4, 0.5) is 15.8 Å². The van der Waals surface area contributed by atoms with Gasteiger partial charge in [0, 0.05) is 12.0 Å². The molecule has 1 N–H and O–H groups in total. The van der Waals surface area contributed by atoms with Gasteiger partial charge in [0.2, 0.25) is 0 Å². The van der Waals surface area contributed by atoms with Gasteiger partial charge in [0.25, 0.3) is 5.91 Å². The van der Waals surface area contributed by atoms with E-state index in [1.807, 2.05) is 72.8 Å². The zero-order valence-corrected chi connectivity index (χ0v) is 17.9. The number of hydrogen-bond donors (Lipinski definition) is 1. The Hall–Kier alpha value is -3.96. The van der Waals surface area contributed by atoms with Crippen LogP contribution in [0, 0.1) is 5.82 Å². The molecule has 0 unspecified atom stereocenters. The van der Waals surface area contributed by atoms with Crippen molar-refractivity contribution in [2.24, 2.45) is 0 Å². The number of halogens is 1. The van der Waals surface area contributed by atoms with E-state index in [1.165, 1.54) is 12.1 Å². The largest absolute Gasteiger partial charge is 0.305 e. The Kier molecular flexibility index (Phi) is 5.40. The van der Waals surface area contributed by atoms with Crippen LogP contribution in [-0.4, -0.2) is 11.1 Å². The van der Waals surface area contributed by atoms with Crippen molar-refractivity contribution in [3.8, 4) is 0 Å². The smallest absolute Gasteiger partial charge is 0.260 e. The molecule has 0 aromatic heterocycles. The molecule has 5 rings (SSSR count). The van der Waals surface area contributed by atoms with Gasteiger partial charge in [0.15, 0.2) is 5.54 Å². The summed E-state index contributed by atoms with van der Waals surface area (Å²) in [6, 6.07) is 32.4. The number of nitrogens with zero attached hydrogens (tertiary/aromatic N) is 2. The SMILES string of the molecule is O=C1N(Cc2ccccc2)c2ccccc2[C@@]1(Cc1ccc(F)cc1)N(O)c1ccccc1. The highest BCUT2D eigenvalue weighted by Gasteiger charge is 2.55. The molecule has 1 aliphatic rings. The Balaban J connectivity index is 1.67. The molecule has 0 saturated heterocycles. The highest BCUT2D eigenvalue weighted by molar-refractivity contribution is 6.09. The third-order valence-corrected chi connectivity index (χ3v) is 6.16. The average molecular weight is 439 g/mol. The number of carbonyl (C=O) groups is 1. The number of amides is 1. The van der Waals surface area contributed by atoms with Crippen LogP contribution in [-0.2, 0) is 23.3 Å². The lowest BCUT2D eigenvalue weighted by atomic mass is 9.84. The lowest BCUT2D eigenvalue weighted by Crippen LogP contribution is -2.53. The fourth-order valence-electron chi connectivity index (χ4n) is 4.57. The molecule has 1 heterocycles. The zero-order chi connectivity index (χ0) is 22.8. The summed E-state index contributed by atoms with van der Waals surface area (Å²) in [7, 11) is 0. The van der Waals surface area contributed by atoms with Crippen molar-refractivity contribution >= 4 is 17.3 Å². The second kappa shape index (κ2) is 8.52. The summed E-state index contributed by atoms with van der Waals surface area (Å²) < 4.78 is 13.6. The van der Waals surface area contributed by atoms with Gasteiger partial charge in [-0.15, -0.1) is 0 Å². The number of rotatable bonds is 6. The lowest BCUT2D eigenvalue weighted by Gasteiger charge is -2.37. The van der Waals surface area contributed by atoms with Crippen molar-refractivity contribution in [3.05, 3.63) is 132 Å². The normalized spacial score (nSPS) is 17.2. The van der Waals surface area contributed by atoms with Gasteiger partial charge in [-0.25, -0.2) is 9.45 Å². The molecule has 0 fully saturated rings. The molecule has 0 aliphatic carbocycles. The minimum atomic E-state index is -1.40. The summed E-state index contributed by atoms with van der Waals surface area (Å²) >= 11 is 0. The van der Waals surface area contributed by atoms with Crippen LogP contribution < -0.4 is 9.96 Å². The number of benzene rings is 4. The van der Waals surface area contributed by atoms with E-state index in [0.717, 1.165) is 21.9 Å². The zero-order valence-electron chi connectivity index (χ0n) is 17.9. The Morgan fingerprint density at radius 2 is 1.36 bits per heavy atom. The molecule has 4 aromatic rings. The predicted octanol–water partition coefficient (Wildman–Crippen LogP) is 5.71. The standard InChI is InChI=1S/C28H23FN2O2/c29-23-17-15-21(16-18-23)19-28(31(33)24-11-5-2-6-12-24)25-13-7-8-14-26(25)30(27(28)32)20-22-9-3-1-4-10-22/h1-18,33H,19-20H2/t28-/m1/s1.